The van der Waals surface area contributed by atoms with E-state index in [-0.39, 0.29) is 0 Å². The Morgan fingerprint density at radius 1 is 0.933 bits per heavy atom. The molecule has 0 fully saturated rings. The quantitative estimate of drug-likeness (QED) is 0.741. The van der Waals surface area contributed by atoms with Gasteiger partial charge in [-0.25, -0.2) is 0 Å². The fourth-order valence-electron chi connectivity index (χ4n) is 0.762. The van der Waals surface area contributed by atoms with E-state index >= 15 is 0 Å². The highest BCUT2D eigenvalue weighted by atomic mass is 15.7. The molecule has 92 valence electrons. The second kappa shape index (κ2) is 11.4. The van der Waals surface area contributed by atoms with Crippen LogP contribution in [0.15, 0.2) is 12.4 Å². The van der Waals surface area contributed by atoms with Crippen molar-refractivity contribution in [1.29, 1.82) is 0 Å². The lowest BCUT2D eigenvalue weighted by Gasteiger charge is -2.17. The lowest BCUT2D eigenvalue weighted by atomic mass is 10.2. The number of hydrogen-bond acceptors (Lipinski definition) is 3. The van der Waals surface area contributed by atoms with Crippen LogP contribution in [0.4, 0.5) is 0 Å². The number of hydrogen-bond donors (Lipinski definition) is 2. The Morgan fingerprint density at radius 2 is 1.27 bits per heavy atom. The zero-order valence-corrected chi connectivity index (χ0v) is 11.5. The standard InChI is InChI=1S/C6H13N3.C4H10.C2H6/c1-6(2)5-9-7-3-4-8-9;1-4(2)3;1-2/h3-4,6-8H,5H2,1-2H3;4H,1-3H3;1-2H3. The van der Waals surface area contributed by atoms with Gasteiger partial charge in [-0.15, -0.1) is 5.12 Å². The van der Waals surface area contributed by atoms with E-state index in [0.29, 0.717) is 5.92 Å². The summed E-state index contributed by atoms with van der Waals surface area (Å²) in [4.78, 5) is 0. The summed E-state index contributed by atoms with van der Waals surface area (Å²) in [5.41, 5.74) is 6.06. The second-order valence-electron chi connectivity index (χ2n) is 4.33. The van der Waals surface area contributed by atoms with Crippen molar-refractivity contribution in [2.75, 3.05) is 6.54 Å². The predicted octanol–water partition coefficient (Wildman–Crippen LogP) is 3.13. The molecule has 2 N–H and O–H groups in total. The van der Waals surface area contributed by atoms with Crippen molar-refractivity contribution in [3.05, 3.63) is 12.4 Å². The number of hydrazine groups is 2. The molecule has 0 aromatic heterocycles. The highest BCUT2D eigenvalue weighted by Crippen LogP contribution is 1.94. The molecule has 0 aromatic carbocycles. The molecule has 0 aromatic rings. The van der Waals surface area contributed by atoms with Gasteiger partial charge in [-0.3, -0.25) is 0 Å². The Hall–Kier alpha value is -0.700. The van der Waals surface area contributed by atoms with Crippen molar-refractivity contribution in [3.63, 3.8) is 0 Å². The summed E-state index contributed by atoms with van der Waals surface area (Å²) >= 11 is 0. The Balaban J connectivity index is 0. The van der Waals surface area contributed by atoms with Crippen molar-refractivity contribution >= 4 is 0 Å². The SMILES string of the molecule is CC.CC(C)C.CC(C)CN1NC=CN1. The van der Waals surface area contributed by atoms with Gasteiger partial charge in [-0.05, 0) is 11.8 Å². The van der Waals surface area contributed by atoms with Crippen LogP contribution < -0.4 is 10.9 Å². The van der Waals surface area contributed by atoms with Crippen LogP contribution >= 0.6 is 0 Å². The molecule has 1 rings (SSSR count). The summed E-state index contributed by atoms with van der Waals surface area (Å²) in [6.07, 6.45) is 3.75. The molecule has 0 aliphatic carbocycles. The van der Waals surface area contributed by atoms with E-state index < -0.39 is 0 Å². The Kier molecular flexibility index (Phi) is 12.7. The molecule has 0 spiro atoms. The third-order valence-corrected chi connectivity index (χ3v) is 1.09. The summed E-state index contributed by atoms with van der Waals surface area (Å²) < 4.78 is 0. The monoisotopic (exact) mass is 215 g/mol. The first-order valence-corrected chi connectivity index (χ1v) is 5.97. The molecule has 0 saturated heterocycles. The summed E-state index contributed by atoms with van der Waals surface area (Å²) in [7, 11) is 0. The predicted molar refractivity (Wildman–Crippen MR) is 68.8 cm³/mol. The average molecular weight is 215 g/mol. The lowest BCUT2D eigenvalue weighted by Crippen LogP contribution is -2.40. The molecule has 0 radical (unpaired) electrons. The van der Waals surface area contributed by atoms with E-state index in [1.807, 2.05) is 31.4 Å². The number of nitrogens with zero attached hydrogens (tertiary/aromatic N) is 1. The highest BCUT2D eigenvalue weighted by Gasteiger charge is 2.04. The molecular weight excluding hydrogens is 186 g/mol. The first-order valence-electron chi connectivity index (χ1n) is 5.97. The van der Waals surface area contributed by atoms with Crippen molar-refractivity contribution < 1.29 is 0 Å². The van der Waals surface area contributed by atoms with E-state index in [9.17, 15) is 0 Å². The van der Waals surface area contributed by atoms with E-state index in [4.69, 9.17) is 0 Å². The van der Waals surface area contributed by atoms with Gasteiger partial charge >= 0.3 is 0 Å². The van der Waals surface area contributed by atoms with Crippen LogP contribution in [-0.2, 0) is 0 Å². The molecule has 1 heterocycles. The van der Waals surface area contributed by atoms with Crippen LogP contribution in [0.25, 0.3) is 0 Å². The van der Waals surface area contributed by atoms with Crippen LogP contribution in [0.1, 0.15) is 48.5 Å². The first-order chi connectivity index (χ1) is 7.02. The molecule has 0 amide bonds. The van der Waals surface area contributed by atoms with Gasteiger partial charge in [0.1, 0.15) is 0 Å². The molecule has 1 aliphatic rings. The van der Waals surface area contributed by atoms with E-state index in [1.165, 1.54) is 0 Å². The minimum atomic E-state index is 0.685. The Labute approximate surface area is 95.9 Å². The van der Waals surface area contributed by atoms with Gasteiger partial charge in [0.2, 0.25) is 0 Å². The summed E-state index contributed by atoms with van der Waals surface area (Å²) in [5.74, 6) is 1.52. The molecule has 0 saturated carbocycles. The molecule has 1 aliphatic heterocycles. The van der Waals surface area contributed by atoms with E-state index in [0.717, 1.165) is 12.5 Å². The van der Waals surface area contributed by atoms with Crippen molar-refractivity contribution in [2.45, 2.75) is 48.5 Å². The smallest absolute Gasteiger partial charge is 0.0411 e. The Morgan fingerprint density at radius 3 is 1.53 bits per heavy atom. The molecule has 0 atom stereocenters. The van der Waals surface area contributed by atoms with Crippen LogP contribution in [0.3, 0.4) is 0 Å². The molecule has 0 unspecified atom stereocenters. The van der Waals surface area contributed by atoms with Crippen LogP contribution in [0, 0.1) is 11.8 Å². The van der Waals surface area contributed by atoms with Crippen molar-refractivity contribution in [1.82, 2.24) is 16.0 Å². The third-order valence-electron chi connectivity index (χ3n) is 1.09. The first kappa shape index (κ1) is 16.7. The molecule has 3 nitrogen and oxygen atoms in total. The number of nitrogens with one attached hydrogen (secondary N) is 2. The molecule has 3 heteroatoms. The van der Waals surface area contributed by atoms with Gasteiger partial charge in [0, 0.05) is 18.9 Å². The van der Waals surface area contributed by atoms with Gasteiger partial charge < -0.3 is 10.9 Å². The second-order valence-corrected chi connectivity index (χ2v) is 4.33. The van der Waals surface area contributed by atoms with Crippen LogP contribution in [-0.4, -0.2) is 11.7 Å². The fraction of sp³-hybridized carbons (Fsp3) is 0.833. The molecule has 15 heavy (non-hydrogen) atoms. The maximum absolute atomic E-state index is 3.03. The van der Waals surface area contributed by atoms with Crippen LogP contribution in [0.2, 0.25) is 0 Å². The van der Waals surface area contributed by atoms with Gasteiger partial charge in [-0.2, -0.15) is 0 Å². The lowest BCUT2D eigenvalue weighted by molar-refractivity contribution is 0.169. The fourth-order valence-corrected chi connectivity index (χ4v) is 0.762. The molecule has 0 bridgehead atoms. The minimum Gasteiger partial charge on any atom is -0.307 e. The maximum Gasteiger partial charge on any atom is 0.0411 e. The summed E-state index contributed by atoms with van der Waals surface area (Å²) in [5, 5.41) is 1.95. The maximum atomic E-state index is 3.03. The highest BCUT2D eigenvalue weighted by molar-refractivity contribution is 4.80. The average Bonchev–Trinajstić information content (AvgIpc) is 2.58. The summed E-state index contributed by atoms with van der Waals surface area (Å²) in [6.45, 7) is 15.9. The van der Waals surface area contributed by atoms with Gasteiger partial charge in [0.05, 0.1) is 0 Å². The minimum absolute atomic E-state index is 0.685. The van der Waals surface area contributed by atoms with Crippen molar-refractivity contribution in [3.8, 4) is 0 Å². The number of rotatable bonds is 2. The summed E-state index contributed by atoms with van der Waals surface area (Å²) in [6, 6.07) is 0. The van der Waals surface area contributed by atoms with Crippen molar-refractivity contribution in [2.24, 2.45) is 11.8 Å². The normalized spacial score (nSPS) is 13.7. The van der Waals surface area contributed by atoms with E-state index in [2.05, 4.69) is 45.5 Å². The molecular formula is C12H29N3. The van der Waals surface area contributed by atoms with Gasteiger partial charge in [0.25, 0.3) is 0 Å². The van der Waals surface area contributed by atoms with Gasteiger partial charge in [-0.1, -0.05) is 48.5 Å². The largest absolute Gasteiger partial charge is 0.307 e. The van der Waals surface area contributed by atoms with Crippen LogP contribution in [0.5, 0.6) is 0 Å². The van der Waals surface area contributed by atoms with Gasteiger partial charge in [0.15, 0.2) is 0 Å². The van der Waals surface area contributed by atoms with E-state index in [1.54, 1.807) is 0 Å². The third kappa shape index (κ3) is 16.0. The zero-order valence-electron chi connectivity index (χ0n) is 11.5. The topological polar surface area (TPSA) is 27.3 Å². The zero-order chi connectivity index (χ0) is 12.3. The Bertz CT molecular complexity index is 131.